The lowest BCUT2D eigenvalue weighted by Gasteiger charge is -1.99. The molecule has 4 rings (SSSR count). The van der Waals surface area contributed by atoms with E-state index < -0.39 is 0 Å². The van der Waals surface area contributed by atoms with E-state index in [2.05, 4.69) is 44.2 Å². The van der Waals surface area contributed by atoms with Gasteiger partial charge in [0.1, 0.15) is 17.7 Å². The summed E-state index contributed by atoms with van der Waals surface area (Å²) in [5, 5.41) is 0. The fraction of sp³-hybridized carbons (Fsp3) is 0.214. The Kier molecular flexibility index (Phi) is 1.97. The molecule has 88 valence electrons. The van der Waals surface area contributed by atoms with Crippen molar-refractivity contribution in [1.29, 1.82) is 0 Å². The Labute approximate surface area is 104 Å². The minimum atomic E-state index is 0.714. The third-order valence-corrected chi connectivity index (χ3v) is 3.39. The SMILES string of the molecule is c1ncc2[nH]c(-c3ccc(C4CC4)cc3)nc2n1. The van der Waals surface area contributed by atoms with E-state index in [9.17, 15) is 0 Å². The van der Waals surface area contributed by atoms with Crippen molar-refractivity contribution in [3.8, 4) is 11.4 Å². The van der Waals surface area contributed by atoms with Crippen LogP contribution in [-0.2, 0) is 0 Å². The van der Waals surface area contributed by atoms with Crippen molar-refractivity contribution in [3.05, 3.63) is 42.4 Å². The molecule has 0 atom stereocenters. The molecule has 0 bridgehead atoms. The van der Waals surface area contributed by atoms with Gasteiger partial charge < -0.3 is 4.98 Å². The van der Waals surface area contributed by atoms with Gasteiger partial charge in [0.05, 0.1) is 6.20 Å². The van der Waals surface area contributed by atoms with Crippen LogP contribution in [0.1, 0.15) is 24.3 Å². The molecule has 0 unspecified atom stereocenters. The summed E-state index contributed by atoms with van der Waals surface area (Å²) < 4.78 is 0. The summed E-state index contributed by atoms with van der Waals surface area (Å²) >= 11 is 0. The number of hydrogen-bond acceptors (Lipinski definition) is 3. The second-order valence-electron chi connectivity index (χ2n) is 4.74. The molecule has 4 nitrogen and oxygen atoms in total. The zero-order valence-corrected chi connectivity index (χ0v) is 9.80. The highest BCUT2D eigenvalue weighted by Crippen LogP contribution is 2.40. The minimum absolute atomic E-state index is 0.714. The molecule has 1 aliphatic rings. The fourth-order valence-corrected chi connectivity index (χ4v) is 2.23. The monoisotopic (exact) mass is 236 g/mol. The quantitative estimate of drug-likeness (QED) is 0.744. The fourth-order valence-electron chi connectivity index (χ4n) is 2.23. The van der Waals surface area contributed by atoms with Crippen molar-refractivity contribution in [2.24, 2.45) is 0 Å². The number of H-pyrrole nitrogens is 1. The van der Waals surface area contributed by atoms with Gasteiger partial charge in [-0.1, -0.05) is 24.3 Å². The highest BCUT2D eigenvalue weighted by molar-refractivity contribution is 5.74. The number of aromatic amines is 1. The van der Waals surface area contributed by atoms with E-state index in [1.165, 1.54) is 24.7 Å². The molecule has 1 saturated carbocycles. The standard InChI is InChI=1S/C14H12N4/c1-2-9(1)10-3-5-11(6-4-10)13-17-12-7-15-8-16-14(12)18-13/h3-9H,1-2H2,(H,15,16,17,18). The van der Waals surface area contributed by atoms with Crippen LogP contribution < -0.4 is 0 Å². The minimum Gasteiger partial charge on any atom is -0.335 e. The van der Waals surface area contributed by atoms with Gasteiger partial charge in [-0.2, -0.15) is 0 Å². The summed E-state index contributed by atoms with van der Waals surface area (Å²) in [7, 11) is 0. The molecule has 3 aromatic rings. The smallest absolute Gasteiger partial charge is 0.181 e. The maximum absolute atomic E-state index is 4.47. The van der Waals surface area contributed by atoms with Crippen LogP contribution in [0.15, 0.2) is 36.8 Å². The summed E-state index contributed by atoms with van der Waals surface area (Å²) in [4.78, 5) is 15.8. The molecule has 2 heterocycles. The lowest BCUT2D eigenvalue weighted by molar-refractivity contribution is 1.13. The first kappa shape index (κ1) is 9.76. The van der Waals surface area contributed by atoms with E-state index in [1.54, 1.807) is 6.20 Å². The number of hydrogen-bond donors (Lipinski definition) is 1. The first-order valence-corrected chi connectivity index (χ1v) is 6.16. The molecule has 1 fully saturated rings. The van der Waals surface area contributed by atoms with E-state index in [4.69, 9.17) is 0 Å². The van der Waals surface area contributed by atoms with Gasteiger partial charge in [-0.15, -0.1) is 0 Å². The second-order valence-corrected chi connectivity index (χ2v) is 4.74. The Hall–Kier alpha value is -2.23. The number of aromatic nitrogens is 4. The molecule has 1 aliphatic carbocycles. The van der Waals surface area contributed by atoms with Crippen LogP contribution in [0, 0.1) is 0 Å². The Balaban J connectivity index is 1.76. The molecule has 1 aromatic carbocycles. The van der Waals surface area contributed by atoms with E-state index in [1.807, 2.05) is 0 Å². The van der Waals surface area contributed by atoms with Crippen molar-refractivity contribution in [3.63, 3.8) is 0 Å². The molecule has 4 heteroatoms. The van der Waals surface area contributed by atoms with E-state index in [0.717, 1.165) is 22.8 Å². The molecule has 2 aromatic heterocycles. The predicted molar refractivity (Wildman–Crippen MR) is 69.1 cm³/mol. The van der Waals surface area contributed by atoms with E-state index in [-0.39, 0.29) is 0 Å². The van der Waals surface area contributed by atoms with Crippen LogP contribution in [0.3, 0.4) is 0 Å². The van der Waals surface area contributed by atoms with Crippen LogP contribution in [0.25, 0.3) is 22.6 Å². The number of fused-ring (bicyclic) bond motifs is 1. The van der Waals surface area contributed by atoms with Gasteiger partial charge in [0.15, 0.2) is 5.65 Å². The average Bonchev–Trinajstić information content (AvgIpc) is 3.18. The van der Waals surface area contributed by atoms with Crippen LogP contribution in [0.2, 0.25) is 0 Å². The van der Waals surface area contributed by atoms with Crippen molar-refractivity contribution in [1.82, 2.24) is 19.9 Å². The highest BCUT2D eigenvalue weighted by atomic mass is 15.0. The van der Waals surface area contributed by atoms with Crippen LogP contribution in [0.4, 0.5) is 0 Å². The number of nitrogens with one attached hydrogen (secondary N) is 1. The Bertz CT molecular complexity index is 662. The maximum atomic E-state index is 4.47. The zero-order chi connectivity index (χ0) is 11.9. The summed E-state index contributed by atoms with van der Waals surface area (Å²) in [6.07, 6.45) is 5.93. The molecule has 0 aliphatic heterocycles. The third kappa shape index (κ3) is 1.57. The predicted octanol–water partition coefficient (Wildman–Crippen LogP) is 2.90. The third-order valence-electron chi connectivity index (χ3n) is 3.39. The number of benzene rings is 1. The van der Waals surface area contributed by atoms with Gasteiger partial charge in [0.25, 0.3) is 0 Å². The number of nitrogens with zero attached hydrogens (tertiary/aromatic N) is 3. The van der Waals surface area contributed by atoms with Crippen molar-refractivity contribution >= 4 is 11.2 Å². The molecule has 0 amide bonds. The van der Waals surface area contributed by atoms with Crippen molar-refractivity contribution < 1.29 is 0 Å². The topological polar surface area (TPSA) is 54.5 Å². The van der Waals surface area contributed by atoms with Gasteiger partial charge in [-0.05, 0) is 24.3 Å². The average molecular weight is 236 g/mol. The normalized spacial score (nSPS) is 15.1. The van der Waals surface area contributed by atoms with Gasteiger partial charge in [-0.25, -0.2) is 15.0 Å². The van der Waals surface area contributed by atoms with Crippen molar-refractivity contribution in [2.75, 3.05) is 0 Å². The molecule has 18 heavy (non-hydrogen) atoms. The van der Waals surface area contributed by atoms with Gasteiger partial charge in [0.2, 0.25) is 0 Å². The zero-order valence-electron chi connectivity index (χ0n) is 9.80. The second kappa shape index (κ2) is 3.63. The van der Waals surface area contributed by atoms with E-state index >= 15 is 0 Å². The highest BCUT2D eigenvalue weighted by Gasteiger charge is 2.23. The lowest BCUT2D eigenvalue weighted by atomic mass is 10.1. The molecular formula is C14H12N4. The Morgan fingerprint density at radius 1 is 1.11 bits per heavy atom. The number of imidazole rings is 1. The van der Waals surface area contributed by atoms with Gasteiger partial charge in [0, 0.05) is 5.56 Å². The summed E-state index contributed by atoms with van der Waals surface area (Å²) in [6.45, 7) is 0. The Morgan fingerprint density at radius 2 is 1.94 bits per heavy atom. The maximum Gasteiger partial charge on any atom is 0.181 e. The van der Waals surface area contributed by atoms with E-state index in [0.29, 0.717) is 5.65 Å². The summed E-state index contributed by atoms with van der Waals surface area (Å²) in [6, 6.07) is 8.65. The molecule has 0 saturated heterocycles. The first-order valence-electron chi connectivity index (χ1n) is 6.16. The van der Waals surface area contributed by atoms with Crippen LogP contribution in [-0.4, -0.2) is 19.9 Å². The summed E-state index contributed by atoms with van der Waals surface area (Å²) in [5.41, 5.74) is 4.12. The largest absolute Gasteiger partial charge is 0.335 e. The van der Waals surface area contributed by atoms with Gasteiger partial charge in [-0.3, -0.25) is 0 Å². The molecule has 1 N–H and O–H groups in total. The van der Waals surface area contributed by atoms with Gasteiger partial charge >= 0.3 is 0 Å². The summed E-state index contributed by atoms with van der Waals surface area (Å²) in [5.74, 6) is 1.65. The van der Waals surface area contributed by atoms with Crippen LogP contribution >= 0.6 is 0 Å². The molecular weight excluding hydrogens is 224 g/mol. The number of rotatable bonds is 2. The van der Waals surface area contributed by atoms with Crippen LogP contribution in [0.5, 0.6) is 0 Å². The first-order chi connectivity index (χ1) is 8.90. The lowest BCUT2D eigenvalue weighted by Crippen LogP contribution is -1.82. The van der Waals surface area contributed by atoms with Crippen molar-refractivity contribution in [2.45, 2.75) is 18.8 Å². The molecule has 0 spiro atoms. The Morgan fingerprint density at radius 3 is 2.67 bits per heavy atom. The molecule has 0 radical (unpaired) electrons.